The Kier molecular flexibility index (Phi) is 7.47. The second-order valence-electron chi connectivity index (χ2n) is 14.1. The zero-order valence-corrected chi connectivity index (χ0v) is 25.5. The summed E-state index contributed by atoms with van der Waals surface area (Å²) >= 11 is 0. The van der Waals surface area contributed by atoms with E-state index in [2.05, 4.69) is 31.1 Å². The normalized spacial score (nSPS) is 40.1. The van der Waals surface area contributed by atoms with Gasteiger partial charge >= 0.3 is 11.9 Å². The van der Waals surface area contributed by atoms with E-state index in [1.165, 1.54) is 14.0 Å². The van der Waals surface area contributed by atoms with Crippen LogP contribution in [0.15, 0.2) is 24.3 Å². The van der Waals surface area contributed by atoms with E-state index in [-0.39, 0.29) is 70.9 Å². The molecule has 0 aliphatic heterocycles. The molecule has 0 saturated heterocycles. The third kappa shape index (κ3) is 4.40. The zero-order chi connectivity index (χ0) is 30.0. The highest BCUT2D eigenvalue weighted by atomic mass is 16.5. The van der Waals surface area contributed by atoms with Gasteiger partial charge in [0.25, 0.3) is 0 Å². The number of aliphatic hydroxyl groups excluding tert-OH is 1. The summed E-state index contributed by atoms with van der Waals surface area (Å²) in [6.45, 7) is 8.07. The summed E-state index contributed by atoms with van der Waals surface area (Å²) in [4.78, 5) is 39.9. The lowest BCUT2D eigenvalue weighted by atomic mass is 9.42. The minimum atomic E-state index is -0.676. The number of aliphatic hydroxyl groups is 1. The van der Waals surface area contributed by atoms with E-state index in [0.29, 0.717) is 32.1 Å². The molecule has 11 atom stereocenters. The van der Waals surface area contributed by atoms with Crippen LogP contribution in [0.4, 0.5) is 0 Å². The van der Waals surface area contributed by atoms with E-state index in [4.69, 9.17) is 9.47 Å². The number of ether oxygens (including phenoxy) is 2. The number of nitrogens with zero attached hydrogens (tertiary/aromatic N) is 3. The predicted molar refractivity (Wildman–Crippen MR) is 155 cm³/mol. The Morgan fingerprint density at radius 3 is 2.67 bits per heavy atom. The van der Waals surface area contributed by atoms with Crippen molar-refractivity contribution in [2.45, 2.75) is 97.3 Å². The molecule has 9 nitrogen and oxygen atoms in total. The molecular formula is C33H45N3O6. The minimum Gasteiger partial charge on any atom is -0.469 e. The number of carbonyl (C=O) groups excluding carboxylic acids is 3. The second kappa shape index (κ2) is 10.7. The quantitative estimate of drug-likeness (QED) is 0.479. The number of ketones is 1. The lowest BCUT2D eigenvalue weighted by molar-refractivity contribution is -0.205. The lowest BCUT2D eigenvalue weighted by Gasteiger charge is -2.64. The van der Waals surface area contributed by atoms with Crippen LogP contribution < -0.4 is 0 Å². The van der Waals surface area contributed by atoms with Crippen LogP contribution in [-0.2, 0) is 23.9 Å². The SMILES string of the molecule is COC(=O)CC[C@@H](C)C1CCC2C3C([C@H](n4nnc5ccccc54)C(=O)[C@@]21C)[C@@]1(C)CC[C@@H](O)C[C@H]1C[C@H]3OC(C)=O. The summed E-state index contributed by atoms with van der Waals surface area (Å²) in [5, 5.41) is 19.8. The highest BCUT2D eigenvalue weighted by molar-refractivity contribution is 5.92. The average Bonchev–Trinajstić information content (AvgIpc) is 3.54. The van der Waals surface area contributed by atoms with E-state index in [9.17, 15) is 14.7 Å². The molecule has 1 heterocycles. The van der Waals surface area contributed by atoms with Gasteiger partial charge in [-0.05, 0) is 86.2 Å². The van der Waals surface area contributed by atoms with E-state index < -0.39 is 11.5 Å². The lowest BCUT2D eigenvalue weighted by Crippen LogP contribution is -2.65. The van der Waals surface area contributed by atoms with Crippen LogP contribution in [0, 0.1) is 46.3 Å². The van der Waals surface area contributed by atoms with E-state index >= 15 is 4.79 Å². The molecular weight excluding hydrogens is 534 g/mol. The van der Waals surface area contributed by atoms with Gasteiger partial charge in [-0.3, -0.25) is 14.4 Å². The first-order valence-electron chi connectivity index (χ1n) is 15.8. The van der Waals surface area contributed by atoms with Gasteiger partial charge in [-0.2, -0.15) is 0 Å². The third-order valence-electron chi connectivity index (χ3n) is 12.2. The minimum absolute atomic E-state index is 0.0288. The topological polar surface area (TPSA) is 121 Å². The van der Waals surface area contributed by atoms with Gasteiger partial charge < -0.3 is 14.6 Å². The fraction of sp³-hybridized carbons (Fsp3) is 0.727. The number of para-hydroxylation sites is 1. The Hall–Kier alpha value is -2.81. The highest BCUT2D eigenvalue weighted by Gasteiger charge is 2.70. The Bertz CT molecular complexity index is 1370. The van der Waals surface area contributed by atoms with Gasteiger partial charge in [0.1, 0.15) is 17.7 Å². The molecule has 0 spiro atoms. The van der Waals surface area contributed by atoms with Crippen molar-refractivity contribution < 1.29 is 29.0 Å². The van der Waals surface area contributed by atoms with Crippen molar-refractivity contribution >= 4 is 28.8 Å². The first-order valence-corrected chi connectivity index (χ1v) is 15.8. The summed E-state index contributed by atoms with van der Waals surface area (Å²) < 4.78 is 13.0. The molecule has 42 heavy (non-hydrogen) atoms. The number of hydrogen-bond donors (Lipinski definition) is 1. The van der Waals surface area contributed by atoms with Crippen LogP contribution in [0.3, 0.4) is 0 Å². The van der Waals surface area contributed by atoms with E-state index in [0.717, 1.165) is 30.3 Å². The molecule has 228 valence electrons. The third-order valence-corrected chi connectivity index (χ3v) is 12.2. The molecule has 0 radical (unpaired) electrons. The molecule has 4 saturated carbocycles. The maximum absolute atomic E-state index is 15.3. The molecule has 2 aromatic rings. The fourth-order valence-electron chi connectivity index (χ4n) is 10.3. The molecule has 4 unspecified atom stereocenters. The number of esters is 2. The molecule has 0 bridgehead atoms. The van der Waals surface area contributed by atoms with Crippen LogP contribution in [0.1, 0.15) is 85.1 Å². The predicted octanol–water partition coefficient (Wildman–Crippen LogP) is 4.91. The van der Waals surface area contributed by atoms with Crippen LogP contribution in [0.5, 0.6) is 0 Å². The van der Waals surface area contributed by atoms with Gasteiger partial charge in [0, 0.05) is 30.6 Å². The number of Topliss-reactive ketones (excluding diaryl/α,β-unsaturated/α-hetero) is 1. The first kappa shape index (κ1) is 29.3. The zero-order valence-electron chi connectivity index (χ0n) is 25.5. The molecule has 1 N–H and O–H groups in total. The van der Waals surface area contributed by atoms with Crippen LogP contribution in [0.25, 0.3) is 11.0 Å². The number of methoxy groups -OCH3 is 1. The maximum Gasteiger partial charge on any atom is 0.305 e. The van der Waals surface area contributed by atoms with Crippen molar-refractivity contribution in [2.75, 3.05) is 7.11 Å². The van der Waals surface area contributed by atoms with Crippen LogP contribution >= 0.6 is 0 Å². The Morgan fingerprint density at radius 1 is 1.17 bits per heavy atom. The number of fused-ring (bicyclic) bond motifs is 6. The number of benzene rings is 1. The summed E-state index contributed by atoms with van der Waals surface area (Å²) in [5.41, 5.74) is 0.667. The van der Waals surface area contributed by atoms with Crippen molar-refractivity contribution in [2.24, 2.45) is 46.3 Å². The van der Waals surface area contributed by atoms with Gasteiger partial charge in [0.2, 0.25) is 0 Å². The van der Waals surface area contributed by atoms with Crippen LogP contribution in [-0.4, -0.2) is 57.1 Å². The van der Waals surface area contributed by atoms with E-state index in [1.54, 1.807) is 0 Å². The number of rotatable bonds is 6. The molecule has 1 aromatic heterocycles. The molecule has 4 aliphatic carbocycles. The van der Waals surface area contributed by atoms with Gasteiger partial charge in [-0.25, -0.2) is 4.68 Å². The molecule has 4 fully saturated rings. The molecule has 0 amide bonds. The molecule has 6 rings (SSSR count). The average molecular weight is 580 g/mol. The van der Waals surface area contributed by atoms with Crippen molar-refractivity contribution in [1.29, 1.82) is 0 Å². The van der Waals surface area contributed by atoms with Gasteiger partial charge in [0.05, 0.1) is 18.7 Å². The van der Waals surface area contributed by atoms with Crippen molar-refractivity contribution in [1.82, 2.24) is 15.0 Å². The standard InChI is InChI=1S/C33H45N3O6/c1-18(10-13-27(39)41-5)22-11-12-23-28-26(42-19(2)37)17-20-16-21(38)14-15-32(20,3)29(28)30(31(40)33(22,23)4)36-25-9-7-6-8-24(25)34-35-36/h6-9,18,20-23,26,28-30,38H,10-17H2,1-5H3/t18-,20+,21-,22?,23?,26-,28?,29?,30+,32+,33-/m1/s1. The van der Waals surface area contributed by atoms with Crippen molar-refractivity contribution in [3.63, 3.8) is 0 Å². The summed E-state index contributed by atoms with van der Waals surface area (Å²) in [5.74, 6) is -0.118. The number of aromatic nitrogens is 3. The smallest absolute Gasteiger partial charge is 0.305 e. The first-order chi connectivity index (χ1) is 20.0. The largest absolute Gasteiger partial charge is 0.469 e. The number of hydrogen-bond acceptors (Lipinski definition) is 8. The summed E-state index contributed by atoms with van der Waals surface area (Å²) in [6, 6.07) is 7.21. The number of carbonyl (C=O) groups is 3. The van der Waals surface area contributed by atoms with Crippen LogP contribution in [0.2, 0.25) is 0 Å². The fourth-order valence-corrected chi connectivity index (χ4v) is 10.3. The summed E-state index contributed by atoms with van der Waals surface area (Å²) in [7, 11) is 1.41. The molecule has 4 aliphatic rings. The Balaban J connectivity index is 1.51. The van der Waals surface area contributed by atoms with Gasteiger partial charge in [-0.1, -0.05) is 38.1 Å². The highest BCUT2D eigenvalue weighted by Crippen LogP contribution is 2.70. The Labute approximate surface area is 247 Å². The van der Waals surface area contributed by atoms with E-state index in [1.807, 2.05) is 28.9 Å². The van der Waals surface area contributed by atoms with Gasteiger partial charge in [-0.15, -0.1) is 5.10 Å². The monoisotopic (exact) mass is 579 g/mol. The van der Waals surface area contributed by atoms with Gasteiger partial charge in [0.15, 0.2) is 5.78 Å². The summed E-state index contributed by atoms with van der Waals surface area (Å²) in [6.07, 6.45) is 4.86. The molecule has 1 aromatic carbocycles. The maximum atomic E-state index is 15.3. The Morgan fingerprint density at radius 2 is 1.93 bits per heavy atom. The molecule has 9 heteroatoms. The van der Waals surface area contributed by atoms with Crippen molar-refractivity contribution in [3.8, 4) is 0 Å². The second-order valence-corrected chi connectivity index (χ2v) is 14.1. The van der Waals surface area contributed by atoms with Crippen molar-refractivity contribution in [3.05, 3.63) is 24.3 Å².